The summed E-state index contributed by atoms with van der Waals surface area (Å²) in [7, 11) is -1.64. The van der Waals surface area contributed by atoms with E-state index < -0.39 is 10.0 Å². The second kappa shape index (κ2) is 8.34. The number of primary sulfonamides is 1. The zero-order valence-corrected chi connectivity index (χ0v) is 17.2. The molecule has 1 fully saturated rings. The van der Waals surface area contributed by atoms with Gasteiger partial charge >= 0.3 is 0 Å². The van der Waals surface area contributed by atoms with Crippen LogP contribution in [0.4, 0.5) is 5.95 Å². The number of hydrogen-bond acceptors (Lipinski definition) is 9. The van der Waals surface area contributed by atoms with Crippen LogP contribution in [0.15, 0.2) is 47.6 Å². The molecule has 11 nitrogen and oxygen atoms in total. The molecule has 0 aliphatic carbocycles. The van der Waals surface area contributed by atoms with Crippen molar-refractivity contribution < 1.29 is 13.2 Å². The summed E-state index contributed by atoms with van der Waals surface area (Å²) >= 11 is 0. The molecule has 0 radical (unpaired) electrons. The Kier molecular flexibility index (Phi) is 5.61. The fourth-order valence-electron chi connectivity index (χ4n) is 3.00. The first kappa shape index (κ1) is 20.2. The fourth-order valence-corrected chi connectivity index (χ4v) is 3.51. The van der Waals surface area contributed by atoms with E-state index >= 15 is 0 Å². The molecule has 1 saturated heterocycles. The number of rotatable bonds is 6. The quantitative estimate of drug-likeness (QED) is 0.575. The number of hydrogen-bond donors (Lipinski definition) is 1. The summed E-state index contributed by atoms with van der Waals surface area (Å²) in [5.41, 5.74) is 1.26. The maximum Gasteiger partial charge on any atom is 0.238 e. The van der Waals surface area contributed by atoms with Crippen molar-refractivity contribution in [1.82, 2.24) is 29.9 Å². The van der Waals surface area contributed by atoms with Gasteiger partial charge in [0.1, 0.15) is 12.3 Å². The number of nitrogens with zero attached hydrogens (tertiary/aromatic N) is 7. The van der Waals surface area contributed by atoms with E-state index in [1.807, 2.05) is 0 Å². The minimum absolute atomic E-state index is 0.0369. The van der Waals surface area contributed by atoms with E-state index in [0.717, 1.165) is 26.2 Å². The van der Waals surface area contributed by atoms with Crippen molar-refractivity contribution >= 4 is 16.0 Å². The van der Waals surface area contributed by atoms with Crippen molar-refractivity contribution in [1.29, 1.82) is 0 Å². The van der Waals surface area contributed by atoms with Gasteiger partial charge in [-0.2, -0.15) is 4.98 Å². The molecule has 0 saturated carbocycles. The van der Waals surface area contributed by atoms with Crippen molar-refractivity contribution in [2.75, 3.05) is 38.1 Å². The van der Waals surface area contributed by atoms with Gasteiger partial charge in [0.25, 0.3) is 0 Å². The summed E-state index contributed by atoms with van der Waals surface area (Å²) < 4.78 is 30.0. The molecule has 4 rings (SSSR count). The van der Waals surface area contributed by atoms with E-state index in [1.165, 1.54) is 16.8 Å². The van der Waals surface area contributed by atoms with Crippen LogP contribution in [0.5, 0.6) is 5.88 Å². The zero-order valence-electron chi connectivity index (χ0n) is 16.4. The van der Waals surface area contributed by atoms with E-state index in [0.29, 0.717) is 23.2 Å². The molecule has 0 spiro atoms. The van der Waals surface area contributed by atoms with Crippen LogP contribution in [0.1, 0.15) is 5.69 Å². The maximum atomic E-state index is 11.4. The summed E-state index contributed by atoms with van der Waals surface area (Å²) in [6, 6.07) is 7.75. The Hall–Kier alpha value is -3.09. The van der Waals surface area contributed by atoms with E-state index in [9.17, 15) is 8.42 Å². The summed E-state index contributed by atoms with van der Waals surface area (Å²) in [4.78, 5) is 13.3. The Bertz CT molecular complexity index is 1110. The van der Waals surface area contributed by atoms with Gasteiger partial charge in [-0.3, -0.25) is 0 Å². The predicted molar refractivity (Wildman–Crippen MR) is 109 cm³/mol. The summed E-state index contributed by atoms with van der Waals surface area (Å²) in [5, 5.41) is 13.2. The molecule has 3 heterocycles. The molecule has 0 atom stereocenters. The highest BCUT2D eigenvalue weighted by Gasteiger charge is 2.17. The number of ether oxygens (including phenoxy) is 1. The molecule has 0 bridgehead atoms. The topological polar surface area (TPSA) is 132 Å². The van der Waals surface area contributed by atoms with Crippen LogP contribution < -0.4 is 14.8 Å². The molecule has 12 heteroatoms. The van der Waals surface area contributed by atoms with E-state index in [1.54, 1.807) is 30.6 Å². The third kappa shape index (κ3) is 4.72. The van der Waals surface area contributed by atoms with Crippen molar-refractivity contribution in [3.05, 3.63) is 48.4 Å². The molecule has 158 valence electrons. The number of anilines is 1. The van der Waals surface area contributed by atoms with Crippen LogP contribution in [-0.2, 0) is 16.6 Å². The smallest absolute Gasteiger partial charge is 0.238 e. The van der Waals surface area contributed by atoms with Crippen molar-refractivity contribution in [3.8, 4) is 11.6 Å². The summed E-state index contributed by atoms with van der Waals surface area (Å²) in [6.45, 7) is 3.87. The molecule has 1 aliphatic rings. The lowest BCUT2D eigenvalue weighted by atomic mass is 10.3. The Morgan fingerprint density at radius 1 is 1.10 bits per heavy atom. The number of benzene rings is 1. The van der Waals surface area contributed by atoms with Crippen LogP contribution >= 0.6 is 0 Å². The first-order valence-electron chi connectivity index (χ1n) is 9.32. The number of aromatic nitrogens is 5. The summed E-state index contributed by atoms with van der Waals surface area (Å²) in [5.74, 6) is 1.12. The van der Waals surface area contributed by atoms with E-state index in [4.69, 9.17) is 9.88 Å². The fraction of sp³-hybridized carbons (Fsp3) is 0.333. The number of likely N-dealkylation sites (N-methyl/N-ethyl adjacent to an activating group) is 1. The van der Waals surface area contributed by atoms with Crippen molar-refractivity contribution in [3.63, 3.8) is 0 Å². The third-order valence-electron chi connectivity index (χ3n) is 4.74. The second-order valence-corrected chi connectivity index (χ2v) is 8.53. The molecule has 30 heavy (non-hydrogen) atoms. The monoisotopic (exact) mass is 430 g/mol. The standard InChI is InChI=1S/C18H22N8O3S/c1-24-8-10-25(11-9-24)18-20-7-6-17(21-18)29-13-14-12-26(23-22-14)15-2-4-16(5-3-15)30(19,27)28/h2-7,12H,8-11,13H2,1H3,(H2,19,27,28). The van der Waals surface area contributed by atoms with Gasteiger partial charge in [-0.25, -0.2) is 23.2 Å². The molecule has 1 aliphatic heterocycles. The molecule has 2 N–H and O–H groups in total. The van der Waals surface area contributed by atoms with E-state index in [2.05, 4.69) is 37.1 Å². The molecule has 0 unspecified atom stereocenters. The maximum absolute atomic E-state index is 11.4. The third-order valence-corrected chi connectivity index (χ3v) is 5.67. The lowest BCUT2D eigenvalue weighted by Crippen LogP contribution is -2.45. The highest BCUT2D eigenvalue weighted by Crippen LogP contribution is 2.16. The van der Waals surface area contributed by atoms with Gasteiger partial charge in [-0.05, 0) is 31.3 Å². The largest absolute Gasteiger partial charge is 0.471 e. The first-order chi connectivity index (χ1) is 14.4. The minimum atomic E-state index is -3.73. The number of sulfonamides is 1. The van der Waals surface area contributed by atoms with Crippen LogP contribution in [0, 0.1) is 0 Å². The summed E-state index contributed by atoms with van der Waals surface area (Å²) in [6.07, 6.45) is 3.38. The number of nitrogens with two attached hydrogens (primary N) is 1. The molecule has 1 aromatic carbocycles. The highest BCUT2D eigenvalue weighted by molar-refractivity contribution is 7.89. The molecular weight excluding hydrogens is 408 g/mol. The van der Waals surface area contributed by atoms with Gasteiger partial charge in [0.15, 0.2) is 0 Å². The molecule has 3 aromatic rings. The van der Waals surface area contributed by atoms with Gasteiger partial charge in [0.05, 0.1) is 16.8 Å². The Labute approximate surface area is 174 Å². The molecule has 0 amide bonds. The highest BCUT2D eigenvalue weighted by atomic mass is 32.2. The second-order valence-electron chi connectivity index (χ2n) is 6.97. The lowest BCUT2D eigenvalue weighted by molar-refractivity contribution is 0.286. The Morgan fingerprint density at radius 2 is 1.83 bits per heavy atom. The van der Waals surface area contributed by atoms with Crippen molar-refractivity contribution in [2.45, 2.75) is 11.5 Å². The van der Waals surface area contributed by atoms with Gasteiger partial charge in [0.2, 0.25) is 21.9 Å². The van der Waals surface area contributed by atoms with Crippen LogP contribution in [-0.4, -0.2) is 71.5 Å². The molecule has 2 aromatic heterocycles. The van der Waals surface area contributed by atoms with Crippen LogP contribution in [0.25, 0.3) is 5.69 Å². The Balaban J connectivity index is 1.39. The average Bonchev–Trinajstić information content (AvgIpc) is 3.22. The van der Waals surface area contributed by atoms with Crippen LogP contribution in [0.2, 0.25) is 0 Å². The van der Waals surface area contributed by atoms with E-state index in [-0.39, 0.29) is 11.5 Å². The normalized spacial score (nSPS) is 15.3. The van der Waals surface area contributed by atoms with Gasteiger partial charge in [0, 0.05) is 38.4 Å². The molecular formula is C18H22N8O3S. The lowest BCUT2D eigenvalue weighted by Gasteiger charge is -2.32. The predicted octanol–water partition coefficient (Wildman–Crippen LogP) is 0.0355. The minimum Gasteiger partial charge on any atom is -0.471 e. The van der Waals surface area contributed by atoms with Gasteiger partial charge in [-0.1, -0.05) is 5.21 Å². The van der Waals surface area contributed by atoms with Gasteiger partial charge < -0.3 is 14.5 Å². The SMILES string of the molecule is CN1CCN(c2nccc(OCc3cn(-c4ccc(S(N)(=O)=O)cc4)nn3)n2)CC1. The van der Waals surface area contributed by atoms with Gasteiger partial charge in [-0.15, -0.1) is 5.10 Å². The van der Waals surface area contributed by atoms with Crippen LogP contribution in [0.3, 0.4) is 0 Å². The Morgan fingerprint density at radius 3 is 2.53 bits per heavy atom. The van der Waals surface area contributed by atoms with Crippen molar-refractivity contribution in [2.24, 2.45) is 5.14 Å². The number of piperazine rings is 1. The average molecular weight is 430 g/mol. The first-order valence-corrected chi connectivity index (χ1v) is 10.9. The zero-order chi connectivity index (χ0) is 21.1.